The number of benzene rings is 1. The number of carbonyl (C=O) groups excluding carboxylic acids is 1. The van der Waals surface area contributed by atoms with Gasteiger partial charge in [-0.05, 0) is 18.2 Å². The molecule has 4 nitrogen and oxygen atoms in total. The van der Waals surface area contributed by atoms with Crippen LogP contribution in [0.4, 0.5) is 5.82 Å². The first-order valence-electron chi connectivity index (χ1n) is 5.99. The number of H-pyrrole nitrogens is 1. The Morgan fingerprint density at radius 3 is 2.63 bits per heavy atom. The second-order valence-electron chi connectivity index (χ2n) is 5.38. The van der Waals surface area contributed by atoms with E-state index in [2.05, 4.69) is 52.2 Å². The third-order valence-corrected chi connectivity index (χ3v) is 3.21. The number of carbonyl (C=O) groups is 1. The molecule has 2 N–H and O–H groups in total. The molecule has 0 fully saturated rings. The Balaban J connectivity index is 2.13. The standard InChI is InChI=1S/C14H16BrN3O/c1-14(2,3)11-8-12(18-17-11)16-13(19)9-5-4-6-10(15)7-9/h4-8H,1-3H3,(H2,16,17,18,19). The normalized spacial score (nSPS) is 11.4. The summed E-state index contributed by atoms with van der Waals surface area (Å²) in [4.78, 5) is 12.0. The van der Waals surface area contributed by atoms with Gasteiger partial charge in [0.25, 0.3) is 5.91 Å². The third kappa shape index (κ3) is 3.44. The minimum Gasteiger partial charge on any atom is -0.305 e. The highest BCUT2D eigenvalue weighted by Gasteiger charge is 2.17. The lowest BCUT2D eigenvalue weighted by atomic mass is 9.92. The molecule has 0 aliphatic rings. The second-order valence-corrected chi connectivity index (χ2v) is 6.30. The van der Waals surface area contributed by atoms with Gasteiger partial charge < -0.3 is 5.32 Å². The summed E-state index contributed by atoms with van der Waals surface area (Å²) >= 11 is 3.34. The monoisotopic (exact) mass is 321 g/mol. The molecule has 0 saturated heterocycles. The first kappa shape index (κ1) is 13.8. The van der Waals surface area contributed by atoms with Crippen LogP contribution in [0, 0.1) is 0 Å². The Hall–Kier alpha value is -1.62. The van der Waals surface area contributed by atoms with Crippen molar-refractivity contribution >= 4 is 27.7 Å². The maximum atomic E-state index is 12.0. The first-order chi connectivity index (χ1) is 8.86. The van der Waals surface area contributed by atoms with Gasteiger partial charge in [0.2, 0.25) is 0 Å². The van der Waals surface area contributed by atoms with E-state index in [0.717, 1.165) is 10.2 Å². The van der Waals surface area contributed by atoms with Crippen molar-refractivity contribution in [1.82, 2.24) is 10.2 Å². The van der Waals surface area contributed by atoms with Crippen LogP contribution in [-0.4, -0.2) is 16.1 Å². The lowest BCUT2D eigenvalue weighted by molar-refractivity contribution is 0.102. The minimum absolute atomic E-state index is 0.0221. The molecule has 2 rings (SSSR count). The van der Waals surface area contributed by atoms with Gasteiger partial charge in [-0.25, -0.2) is 0 Å². The number of anilines is 1. The molecule has 0 bridgehead atoms. The molecule has 19 heavy (non-hydrogen) atoms. The van der Waals surface area contributed by atoms with Crippen LogP contribution in [0.3, 0.4) is 0 Å². The molecular formula is C14H16BrN3O. The molecule has 0 atom stereocenters. The van der Waals surface area contributed by atoms with Crippen LogP contribution in [0.15, 0.2) is 34.8 Å². The molecule has 100 valence electrons. The minimum atomic E-state index is -0.173. The van der Waals surface area contributed by atoms with E-state index < -0.39 is 0 Å². The number of amides is 1. The van der Waals surface area contributed by atoms with Gasteiger partial charge in [-0.2, -0.15) is 5.10 Å². The van der Waals surface area contributed by atoms with Crippen molar-refractivity contribution in [2.75, 3.05) is 5.32 Å². The molecule has 1 amide bonds. The first-order valence-corrected chi connectivity index (χ1v) is 6.78. The average Bonchev–Trinajstić information content (AvgIpc) is 2.77. The Kier molecular flexibility index (Phi) is 3.75. The Labute approximate surface area is 120 Å². The summed E-state index contributed by atoms with van der Waals surface area (Å²) in [5.74, 6) is 0.364. The zero-order valence-electron chi connectivity index (χ0n) is 11.1. The van der Waals surface area contributed by atoms with E-state index in [9.17, 15) is 4.79 Å². The van der Waals surface area contributed by atoms with Crippen molar-refractivity contribution in [2.45, 2.75) is 26.2 Å². The van der Waals surface area contributed by atoms with E-state index in [1.807, 2.05) is 18.2 Å². The van der Waals surface area contributed by atoms with Gasteiger partial charge in [0.15, 0.2) is 5.82 Å². The fourth-order valence-electron chi connectivity index (χ4n) is 1.59. The van der Waals surface area contributed by atoms with Crippen LogP contribution >= 0.6 is 15.9 Å². The number of halogens is 1. The highest BCUT2D eigenvalue weighted by molar-refractivity contribution is 9.10. The van der Waals surface area contributed by atoms with Crippen LogP contribution < -0.4 is 5.32 Å². The van der Waals surface area contributed by atoms with Gasteiger partial charge in [-0.3, -0.25) is 9.89 Å². The summed E-state index contributed by atoms with van der Waals surface area (Å²) < 4.78 is 0.873. The lowest BCUT2D eigenvalue weighted by Crippen LogP contribution is -2.12. The van der Waals surface area contributed by atoms with Crippen LogP contribution in [0.1, 0.15) is 36.8 Å². The van der Waals surface area contributed by atoms with Crippen LogP contribution in [0.2, 0.25) is 0 Å². The van der Waals surface area contributed by atoms with Crippen LogP contribution in [0.5, 0.6) is 0 Å². The van der Waals surface area contributed by atoms with Crippen LogP contribution in [0.25, 0.3) is 0 Å². The second kappa shape index (κ2) is 5.17. The number of aromatic amines is 1. The fourth-order valence-corrected chi connectivity index (χ4v) is 1.99. The van der Waals surface area contributed by atoms with E-state index in [-0.39, 0.29) is 11.3 Å². The maximum Gasteiger partial charge on any atom is 0.256 e. The summed E-state index contributed by atoms with van der Waals surface area (Å²) in [5.41, 5.74) is 1.55. The number of hydrogen-bond acceptors (Lipinski definition) is 2. The number of aromatic nitrogens is 2. The van der Waals surface area contributed by atoms with Crippen molar-refractivity contribution in [3.63, 3.8) is 0 Å². The van der Waals surface area contributed by atoms with Crippen LogP contribution in [-0.2, 0) is 5.41 Å². The number of nitrogens with one attached hydrogen (secondary N) is 2. The molecule has 0 aliphatic heterocycles. The molecule has 5 heteroatoms. The lowest BCUT2D eigenvalue weighted by Gasteiger charge is -2.14. The summed E-state index contributed by atoms with van der Waals surface area (Å²) in [6.07, 6.45) is 0. The Morgan fingerprint density at radius 1 is 1.32 bits per heavy atom. The fraction of sp³-hybridized carbons (Fsp3) is 0.286. The van der Waals surface area contributed by atoms with Crippen molar-refractivity contribution < 1.29 is 4.79 Å². The van der Waals surface area contributed by atoms with E-state index in [1.165, 1.54) is 0 Å². The van der Waals surface area contributed by atoms with Crippen molar-refractivity contribution in [1.29, 1.82) is 0 Å². The van der Waals surface area contributed by atoms with Gasteiger partial charge >= 0.3 is 0 Å². The summed E-state index contributed by atoms with van der Waals surface area (Å²) in [7, 11) is 0. The number of rotatable bonds is 2. The topological polar surface area (TPSA) is 57.8 Å². The van der Waals surface area contributed by atoms with Gasteiger partial charge in [-0.15, -0.1) is 0 Å². The van der Waals surface area contributed by atoms with E-state index in [1.54, 1.807) is 12.1 Å². The zero-order chi connectivity index (χ0) is 14.0. The summed E-state index contributed by atoms with van der Waals surface area (Å²) in [5, 5.41) is 9.82. The van der Waals surface area contributed by atoms with Gasteiger partial charge in [0.1, 0.15) is 0 Å². The molecule has 0 unspecified atom stereocenters. The smallest absolute Gasteiger partial charge is 0.256 e. The number of nitrogens with zero attached hydrogens (tertiary/aromatic N) is 1. The van der Waals surface area contributed by atoms with Gasteiger partial charge in [0, 0.05) is 27.2 Å². The quantitative estimate of drug-likeness (QED) is 0.885. The van der Waals surface area contributed by atoms with E-state index in [0.29, 0.717) is 11.4 Å². The number of hydrogen-bond donors (Lipinski definition) is 2. The van der Waals surface area contributed by atoms with Crippen molar-refractivity contribution in [2.24, 2.45) is 0 Å². The van der Waals surface area contributed by atoms with Gasteiger partial charge in [-0.1, -0.05) is 42.8 Å². The molecule has 1 aromatic carbocycles. The molecule has 0 spiro atoms. The highest BCUT2D eigenvalue weighted by Crippen LogP contribution is 2.22. The SMILES string of the molecule is CC(C)(C)c1cc(NC(=O)c2cccc(Br)c2)n[nH]1. The molecule has 0 saturated carbocycles. The van der Waals surface area contributed by atoms with Crippen molar-refractivity contribution in [3.8, 4) is 0 Å². The maximum absolute atomic E-state index is 12.0. The zero-order valence-corrected chi connectivity index (χ0v) is 12.7. The molecule has 0 aliphatic carbocycles. The molecule has 0 radical (unpaired) electrons. The molecule has 1 heterocycles. The van der Waals surface area contributed by atoms with Gasteiger partial charge in [0.05, 0.1) is 0 Å². The average molecular weight is 322 g/mol. The highest BCUT2D eigenvalue weighted by atomic mass is 79.9. The largest absolute Gasteiger partial charge is 0.305 e. The molecule has 1 aromatic heterocycles. The molecular weight excluding hydrogens is 306 g/mol. The predicted octanol–water partition coefficient (Wildman–Crippen LogP) is 3.72. The van der Waals surface area contributed by atoms with Crippen molar-refractivity contribution in [3.05, 3.63) is 46.1 Å². The Bertz CT molecular complexity index is 599. The molecule has 2 aromatic rings. The predicted molar refractivity (Wildman–Crippen MR) is 79.4 cm³/mol. The summed E-state index contributed by atoms with van der Waals surface area (Å²) in [6, 6.07) is 9.09. The third-order valence-electron chi connectivity index (χ3n) is 2.71. The summed E-state index contributed by atoms with van der Waals surface area (Å²) in [6.45, 7) is 6.25. The van der Waals surface area contributed by atoms with E-state index >= 15 is 0 Å². The van der Waals surface area contributed by atoms with E-state index in [4.69, 9.17) is 0 Å². The Morgan fingerprint density at radius 2 is 2.05 bits per heavy atom.